The van der Waals surface area contributed by atoms with Crippen molar-refractivity contribution in [1.29, 1.82) is 0 Å². The van der Waals surface area contributed by atoms with Crippen LogP contribution in [0.1, 0.15) is 18.1 Å². The lowest BCUT2D eigenvalue weighted by Crippen LogP contribution is -2.42. The van der Waals surface area contributed by atoms with Gasteiger partial charge in [-0.3, -0.25) is 9.59 Å². The van der Waals surface area contributed by atoms with Crippen molar-refractivity contribution in [2.75, 3.05) is 17.3 Å². The van der Waals surface area contributed by atoms with Gasteiger partial charge in [-0.2, -0.15) is 0 Å². The number of benzene rings is 2. The molecule has 5 heteroatoms. The highest BCUT2D eigenvalue weighted by Gasteiger charge is 2.28. The molecule has 5 nitrogen and oxygen atoms in total. The lowest BCUT2D eigenvalue weighted by molar-refractivity contribution is -0.125. The van der Waals surface area contributed by atoms with Gasteiger partial charge in [0.15, 0.2) is 6.10 Å². The highest BCUT2D eigenvalue weighted by Crippen LogP contribution is 2.34. The summed E-state index contributed by atoms with van der Waals surface area (Å²) >= 11 is 0. The van der Waals surface area contributed by atoms with E-state index >= 15 is 0 Å². The molecule has 0 saturated carbocycles. The summed E-state index contributed by atoms with van der Waals surface area (Å²) in [5.41, 5.74) is 3.44. The Morgan fingerprint density at radius 2 is 1.92 bits per heavy atom. The maximum absolute atomic E-state index is 12.2. The molecule has 1 atom stereocenters. The van der Waals surface area contributed by atoms with Crippen molar-refractivity contribution in [3.63, 3.8) is 0 Å². The number of nitrogens with zero attached hydrogens (tertiary/aromatic N) is 1. The van der Waals surface area contributed by atoms with Crippen molar-refractivity contribution < 1.29 is 14.3 Å². The van der Waals surface area contributed by atoms with Gasteiger partial charge in [-0.25, -0.2) is 0 Å². The summed E-state index contributed by atoms with van der Waals surface area (Å²) < 4.78 is 5.59. The van der Waals surface area contributed by atoms with Crippen LogP contribution in [0.2, 0.25) is 0 Å². The fourth-order valence-electron chi connectivity index (χ4n) is 2.69. The SMILES string of the molecule is Cc1ccc(NC(=O)Cc2ccc3c(c2)N(C)C(=O)C(C)O3)cc1. The minimum atomic E-state index is -0.488. The summed E-state index contributed by atoms with van der Waals surface area (Å²) in [5, 5.41) is 2.87. The molecule has 0 bridgehead atoms. The number of rotatable bonds is 3. The van der Waals surface area contributed by atoms with Crippen LogP contribution in [-0.4, -0.2) is 25.0 Å². The highest BCUT2D eigenvalue weighted by molar-refractivity contribution is 5.99. The van der Waals surface area contributed by atoms with E-state index in [1.54, 1.807) is 18.9 Å². The van der Waals surface area contributed by atoms with Crippen molar-refractivity contribution in [2.24, 2.45) is 0 Å². The molecule has 0 radical (unpaired) electrons. The molecule has 3 rings (SSSR count). The lowest BCUT2D eigenvalue weighted by atomic mass is 10.1. The maximum Gasteiger partial charge on any atom is 0.267 e. The number of nitrogens with one attached hydrogen (secondary N) is 1. The number of hydrogen-bond acceptors (Lipinski definition) is 3. The number of ether oxygens (including phenoxy) is 1. The first-order chi connectivity index (χ1) is 11.4. The van der Waals surface area contributed by atoms with Gasteiger partial charge in [-0.05, 0) is 43.7 Å². The molecular formula is C19H20N2O3. The van der Waals surface area contributed by atoms with Gasteiger partial charge >= 0.3 is 0 Å². The number of carbonyl (C=O) groups excluding carboxylic acids is 2. The first-order valence-electron chi connectivity index (χ1n) is 7.88. The molecule has 0 saturated heterocycles. The number of aryl methyl sites for hydroxylation is 1. The van der Waals surface area contributed by atoms with Crippen molar-refractivity contribution >= 4 is 23.2 Å². The highest BCUT2D eigenvalue weighted by atomic mass is 16.5. The van der Waals surface area contributed by atoms with Gasteiger partial charge in [0.1, 0.15) is 5.75 Å². The predicted molar refractivity (Wildman–Crippen MR) is 93.5 cm³/mol. The second kappa shape index (κ2) is 6.35. The van der Waals surface area contributed by atoms with Gasteiger partial charge in [-0.15, -0.1) is 0 Å². The zero-order chi connectivity index (χ0) is 17.3. The Hall–Kier alpha value is -2.82. The summed E-state index contributed by atoms with van der Waals surface area (Å²) in [7, 11) is 1.72. The zero-order valence-electron chi connectivity index (χ0n) is 14.0. The van der Waals surface area contributed by atoms with Gasteiger partial charge < -0.3 is 15.0 Å². The van der Waals surface area contributed by atoms with Crippen LogP contribution < -0.4 is 15.0 Å². The van der Waals surface area contributed by atoms with Crippen LogP contribution in [0.4, 0.5) is 11.4 Å². The lowest BCUT2D eigenvalue weighted by Gasteiger charge is -2.30. The molecule has 2 aromatic carbocycles. The standard InChI is InChI=1S/C19H20N2O3/c1-12-4-7-15(8-5-12)20-18(22)11-14-6-9-17-16(10-14)21(3)19(23)13(2)24-17/h4-10,13H,11H2,1-3H3,(H,20,22). The van der Waals surface area contributed by atoms with Gasteiger partial charge in [0, 0.05) is 12.7 Å². The van der Waals surface area contributed by atoms with Crippen LogP contribution in [0, 0.1) is 6.92 Å². The van der Waals surface area contributed by atoms with Crippen LogP contribution in [0.3, 0.4) is 0 Å². The molecule has 1 unspecified atom stereocenters. The van der Waals surface area contributed by atoms with Crippen LogP contribution >= 0.6 is 0 Å². The van der Waals surface area contributed by atoms with Gasteiger partial charge in [0.25, 0.3) is 5.91 Å². The van der Waals surface area contributed by atoms with E-state index in [-0.39, 0.29) is 18.2 Å². The molecule has 0 aliphatic carbocycles. The Labute approximate surface area is 141 Å². The van der Waals surface area contributed by atoms with E-state index in [9.17, 15) is 9.59 Å². The van der Waals surface area contributed by atoms with Crippen molar-refractivity contribution in [3.8, 4) is 5.75 Å². The van der Waals surface area contributed by atoms with Crippen molar-refractivity contribution in [1.82, 2.24) is 0 Å². The molecule has 1 heterocycles. The summed E-state index contributed by atoms with van der Waals surface area (Å²) in [5.74, 6) is 0.467. The van der Waals surface area contributed by atoms with E-state index in [4.69, 9.17) is 4.74 Å². The third kappa shape index (κ3) is 3.25. The number of fused-ring (bicyclic) bond motifs is 1. The Morgan fingerprint density at radius 3 is 2.62 bits per heavy atom. The predicted octanol–water partition coefficient (Wildman–Crippen LogP) is 2.92. The minimum absolute atomic E-state index is 0.0937. The van der Waals surface area contributed by atoms with Crippen LogP contribution in [0.5, 0.6) is 5.75 Å². The summed E-state index contributed by atoms with van der Waals surface area (Å²) in [6.45, 7) is 3.73. The first kappa shape index (κ1) is 16.1. The monoisotopic (exact) mass is 324 g/mol. The molecule has 1 N–H and O–H groups in total. The zero-order valence-corrected chi connectivity index (χ0v) is 14.0. The van der Waals surface area contributed by atoms with Crippen LogP contribution in [-0.2, 0) is 16.0 Å². The first-order valence-corrected chi connectivity index (χ1v) is 7.88. The van der Waals surface area contributed by atoms with Gasteiger partial charge in [0.2, 0.25) is 5.91 Å². The fourth-order valence-corrected chi connectivity index (χ4v) is 2.69. The third-order valence-electron chi connectivity index (χ3n) is 4.07. The second-order valence-electron chi connectivity index (χ2n) is 6.05. The van der Waals surface area contributed by atoms with Crippen molar-refractivity contribution in [3.05, 3.63) is 53.6 Å². The van der Waals surface area contributed by atoms with Crippen molar-refractivity contribution in [2.45, 2.75) is 26.4 Å². The number of hydrogen-bond donors (Lipinski definition) is 1. The molecule has 2 aromatic rings. The molecule has 1 aliphatic rings. The normalized spacial score (nSPS) is 16.4. The van der Waals surface area contributed by atoms with E-state index in [0.29, 0.717) is 11.4 Å². The number of carbonyl (C=O) groups is 2. The van der Waals surface area contributed by atoms with E-state index in [1.165, 1.54) is 0 Å². The maximum atomic E-state index is 12.2. The Morgan fingerprint density at radius 1 is 1.21 bits per heavy atom. The third-order valence-corrected chi connectivity index (χ3v) is 4.07. The van der Waals surface area contributed by atoms with Crippen LogP contribution in [0.15, 0.2) is 42.5 Å². The smallest absolute Gasteiger partial charge is 0.267 e. The number of anilines is 2. The largest absolute Gasteiger partial charge is 0.479 e. The fraction of sp³-hybridized carbons (Fsp3) is 0.263. The topological polar surface area (TPSA) is 58.6 Å². The summed E-state index contributed by atoms with van der Waals surface area (Å²) in [6, 6.07) is 13.1. The molecular weight excluding hydrogens is 304 g/mol. The van der Waals surface area contributed by atoms with E-state index < -0.39 is 6.10 Å². The number of likely N-dealkylation sites (N-methyl/N-ethyl adjacent to an activating group) is 1. The summed E-state index contributed by atoms with van der Waals surface area (Å²) in [4.78, 5) is 25.8. The van der Waals surface area contributed by atoms with Gasteiger partial charge in [0.05, 0.1) is 12.1 Å². The van der Waals surface area contributed by atoms with Gasteiger partial charge in [-0.1, -0.05) is 23.8 Å². The Bertz CT molecular complexity index is 784. The number of amides is 2. The van der Waals surface area contributed by atoms with E-state index in [0.717, 1.165) is 16.8 Å². The quantitative estimate of drug-likeness (QED) is 0.944. The van der Waals surface area contributed by atoms with Crippen LogP contribution in [0.25, 0.3) is 0 Å². The molecule has 2 amide bonds. The second-order valence-corrected chi connectivity index (χ2v) is 6.05. The van der Waals surface area contributed by atoms with E-state index in [1.807, 2.05) is 49.4 Å². The average molecular weight is 324 g/mol. The Kier molecular flexibility index (Phi) is 4.25. The molecule has 1 aliphatic heterocycles. The Balaban J connectivity index is 1.73. The molecule has 0 fully saturated rings. The average Bonchev–Trinajstić information content (AvgIpc) is 2.55. The minimum Gasteiger partial charge on any atom is -0.479 e. The molecule has 0 aromatic heterocycles. The molecule has 0 spiro atoms. The summed E-state index contributed by atoms with van der Waals surface area (Å²) in [6.07, 6.45) is -0.253. The van der Waals surface area contributed by atoms with E-state index in [2.05, 4.69) is 5.32 Å². The molecule has 124 valence electrons. The molecule has 24 heavy (non-hydrogen) atoms.